The molecular formula is C24H18N6O3. The summed E-state index contributed by atoms with van der Waals surface area (Å²) in [7, 11) is 0. The van der Waals surface area contributed by atoms with Crippen LogP contribution in [0.5, 0.6) is 0 Å². The van der Waals surface area contributed by atoms with Crippen LogP contribution >= 0.6 is 0 Å². The second-order valence-corrected chi connectivity index (χ2v) is 8.20. The molecule has 0 aliphatic carbocycles. The zero-order chi connectivity index (χ0) is 22.5. The Labute approximate surface area is 188 Å². The largest absolute Gasteiger partial charge is 0.322 e. The number of imide groups is 1. The second kappa shape index (κ2) is 7.33. The van der Waals surface area contributed by atoms with Crippen LogP contribution in [0.15, 0.2) is 61.1 Å². The Kier molecular flexibility index (Phi) is 4.29. The highest BCUT2D eigenvalue weighted by atomic mass is 16.2. The third-order valence-corrected chi connectivity index (χ3v) is 6.21. The van der Waals surface area contributed by atoms with E-state index >= 15 is 0 Å². The summed E-state index contributed by atoms with van der Waals surface area (Å²) in [5.41, 5.74) is 3.72. The van der Waals surface area contributed by atoms with Gasteiger partial charge < -0.3 is 4.90 Å². The predicted octanol–water partition coefficient (Wildman–Crippen LogP) is 2.24. The zero-order valence-electron chi connectivity index (χ0n) is 17.4. The number of fused-ring (bicyclic) bond motifs is 2. The van der Waals surface area contributed by atoms with Crippen molar-refractivity contribution in [3.05, 3.63) is 72.2 Å². The van der Waals surface area contributed by atoms with Crippen molar-refractivity contribution in [1.82, 2.24) is 30.2 Å². The molecule has 9 heteroatoms. The number of nitrogens with one attached hydrogen (secondary N) is 1. The number of amides is 3. The lowest BCUT2D eigenvalue weighted by Crippen LogP contribution is -2.52. The molecule has 0 bridgehead atoms. The third kappa shape index (κ3) is 3.16. The topological polar surface area (TPSA) is 110 Å². The number of nitrogens with zero attached hydrogens (tertiary/aromatic N) is 5. The summed E-state index contributed by atoms with van der Waals surface area (Å²) in [5.74, 6) is -0.921. The Bertz CT molecular complexity index is 1450. The first kappa shape index (κ1) is 19.3. The van der Waals surface area contributed by atoms with E-state index in [4.69, 9.17) is 0 Å². The molecule has 1 unspecified atom stereocenters. The molecule has 4 heterocycles. The Morgan fingerprint density at radius 2 is 1.88 bits per heavy atom. The van der Waals surface area contributed by atoms with Gasteiger partial charge >= 0.3 is 0 Å². The van der Waals surface area contributed by atoms with Crippen LogP contribution in [-0.2, 0) is 16.1 Å². The molecule has 2 aliphatic heterocycles. The number of hydrogen-bond acceptors (Lipinski definition) is 6. The molecule has 1 N–H and O–H groups in total. The second-order valence-electron chi connectivity index (χ2n) is 8.20. The number of aromatic nitrogens is 4. The number of carbonyl (C=O) groups is 3. The molecule has 4 aromatic rings. The molecule has 1 atom stereocenters. The summed E-state index contributed by atoms with van der Waals surface area (Å²) in [6.07, 6.45) is 5.99. The van der Waals surface area contributed by atoms with Gasteiger partial charge in [-0.2, -0.15) is 0 Å². The van der Waals surface area contributed by atoms with Crippen LogP contribution in [0.3, 0.4) is 0 Å². The minimum atomic E-state index is -0.636. The fourth-order valence-electron chi connectivity index (χ4n) is 4.54. The van der Waals surface area contributed by atoms with Gasteiger partial charge in [-0.25, -0.2) is 4.68 Å². The van der Waals surface area contributed by atoms with Crippen molar-refractivity contribution in [3.63, 3.8) is 0 Å². The molecule has 0 saturated carbocycles. The summed E-state index contributed by atoms with van der Waals surface area (Å²) >= 11 is 0. The number of carbonyl (C=O) groups excluding carboxylic acids is 3. The Morgan fingerprint density at radius 3 is 2.76 bits per heavy atom. The maximum atomic E-state index is 12.9. The van der Waals surface area contributed by atoms with Crippen molar-refractivity contribution < 1.29 is 14.4 Å². The molecule has 1 saturated heterocycles. The van der Waals surface area contributed by atoms with Gasteiger partial charge in [-0.1, -0.05) is 29.5 Å². The molecule has 9 nitrogen and oxygen atoms in total. The molecule has 2 aliphatic rings. The fourth-order valence-corrected chi connectivity index (χ4v) is 4.54. The van der Waals surface area contributed by atoms with Gasteiger partial charge in [0.15, 0.2) is 0 Å². The van der Waals surface area contributed by atoms with Gasteiger partial charge in [0.25, 0.3) is 5.91 Å². The molecule has 162 valence electrons. The average molecular weight is 438 g/mol. The summed E-state index contributed by atoms with van der Waals surface area (Å²) in [5, 5.41) is 13.0. The molecule has 3 amide bonds. The summed E-state index contributed by atoms with van der Waals surface area (Å²) < 4.78 is 1.66. The van der Waals surface area contributed by atoms with Crippen LogP contribution in [0.25, 0.3) is 27.7 Å². The van der Waals surface area contributed by atoms with Gasteiger partial charge in [0.05, 0.1) is 11.9 Å². The van der Waals surface area contributed by atoms with Crippen molar-refractivity contribution in [3.8, 4) is 16.9 Å². The van der Waals surface area contributed by atoms with Crippen LogP contribution in [-0.4, -0.2) is 48.6 Å². The molecule has 0 spiro atoms. The van der Waals surface area contributed by atoms with Crippen molar-refractivity contribution in [1.29, 1.82) is 0 Å². The smallest absolute Gasteiger partial charge is 0.255 e. The molecule has 6 rings (SSSR count). The van der Waals surface area contributed by atoms with Gasteiger partial charge in [0.1, 0.15) is 11.7 Å². The Hall–Kier alpha value is -4.40. The normalized spacial score (nSPS) is 18.0. The molecule has 1 fully saturated rings. The molecular weight excluding hydrogens is 420 g/mol. The number of hydrogen-bond donors (Lipinski definition) is 1. The summed E-state index contributed by atoms with van der Waals surface area (Å²) in [4.78, 5) is 42.5. The fraction of sp³-hybridized carbons (Fsp3) is 0.167. The van der Waals surface area contributed by atoms with E-state index in [-0.39, 0.29) is 18.2 Å². The summed E-state index contributed by atoms with van der Waals surface area (Å²) in [6.45, 7) is 0.309. The lowest BCUT2D eigenvalue weighted by molar-refractivity contribution is -0.136. The van der Waals surface area contributed by atoms with Crippen LogP contribution < -0.4 is 5.32 Å². The average Bonchev–Trinajstić information content (AvgIpc) is 3.44. The van der Waals surface area contributed by atoms with E-state index in [1.54, 1.807) is 16.9 Å². The van der Waals surface area contributed by atoms with E-state index in [0.717, 1.165) is 27.6 Å². The van der Waals surface area contributed by atoms with Crippen molar-refractivity contribution in [2.75, 3.05) is 0 Å². The number of piperidine rings is 1. The van der Waals surface area contributed by atoms with Crippen molar-refractivity contribution in [2.45, 2.75) is 25.4 Å². The van der Waals surface area contributed by atoms with Crippen molar-refractivity contribution >= 4 is 28.5 Å². The SMILES string of the molecule is O=C1CCC(N2Cc3cc(-n4cc(-c5cncc6ccccc56)nn4)ccc3C2=O)C(=O)N1. The highest BCUT2D eigenvalue weighted by molar-refractivity contribution is 6.05. The van der Waals surface area contributed by atoms with E-state index in [9.17, 15) is 14.4 Å². The molecule has 2 aromatic heterocycles. The Balaban J connectivity index is 1.30. The monoisotopic (exact) mass is 438 g/mol. The maximum absolute atomic E-state index is 12.9. The van der Waals surface area contributed by atoms with E-state index in [1.165, 1.54) is 4.90 Å². The first-order valence-electron chi connectivity index (χ1n) is 10.6. The lowest BCUT2D eigenvalue weighted by atomic mass is 10.0. The molecule has 0 radical (unpaired) electrons. The minimum Gasteiger partial charge on any atom is -0.322 e. The highest BCUT2D eigenvalue weighted by Crippen LogP contribution is 2.30. The first-order chi connectivity index (χ1) is 16.1. The van der Waals surface area contributed by atoms with E-state index in [2.05, 4.69) is 20.6 Å². The van der Waals surface area contributed by atoms with Gasteiger partial charge in [0, 0.05) is 41.9 Å². The van der Waals surface area contributed by atoms with Crippen LogP contribution in [0.1, 0.15) is 28.8 Å². The number of rotatable bonds is 3. The van der Waals surface area contributed by atoms with Gasteiger partial charge in [-0.05, 0) is 35.6 Å². The van der Waals surface area contributed by atoms with E-state index in [0.29, 0.717) is 24.2 Å². The minimum absolute atomic E-state index is 0.202. The standard InChI is InChI=1S/C24H18N6O3/c31-22-8-7-21(23(32)26-22)29-12-15-9-16(5-6-18(15)24(29)33)30-13-20(27-28-30)19-11-25-10-14-3-1-2-4-17(14)19/h1-6,9-11,13,21H,7-8,12H2,(H,26,31,32). The van der Waals surface area contributed by atoms with Gasteiger partial charge in [-0.15, -0.1) is 5.10 Å². The van der Waals surface area contributed by atoms with Crippen molar-refractivity contribution in [2.24, 2.45) is 0 Å². The first-order valence-corrected chi connectivity index (χ1v) is 10.6. The van der Waals surface area contributed by atoms with E-state index in [1.807, 2.05) is 48.8 Å². The van der Waals surface area contributed by atoms with Crippen LogP contribution in [0.2, 0.25) is 0 Å². The number of benzene rings is 2. The zero-order valence-corrected chi connectivity index (χ0v) is 17.4. The predicted molar refractivity (Wildman–Crippen MR) is 118 cm³/mol. The number of pyridine rings is 1. The third-order valence-electron chi connectivity index (χ3n) is 6.21. The van der Waals surface area contributed by atoms with Gasteiger partial charge in [-0.3, -0.25) is 24.7 Å². The van der Waals surface area contributed by atoms with Crippen LogP contribution in [0.4, 0.5) is 0 Å². The lowest BCUT2D eigenvalue weighted by Gasteiger charge is -2.29. The van der Waals surface area contributed by atoms with E-state index < -0.39 is 11.9 Å². The maximum Gasteiger partial charge on any atom is 0.255 e. The molecule has 2 aromatic carbocycles. The molecule has 33 heavy (non-hydrogen) atoms. The summed E-state index contributed by atoms with van der Waals surface area (Å²) in [6, 6.07) is 12.8. The van der Waals surface area contributed by atoms with Gasteiger partial charge in [0.2, 0.25) is 11.8 Å². The van der Waals surface area contributed by atoms with Crippen LogP contribution in [0, 0.1) is 0 Å². The quantitative estimate of drug-likeness (QED) is 0.491. The highest BCUT2D eigenvalue weighted by Gasteiger charge is 2.39. The Morgan fingerprint density at radius 1 is 1.00 bits per heavy atom.